The minimum atomic E-state index is -0.387. The van der Waals surface area contributed by atoms with Gasteiger partial charge in [-0.2, -0.15) is 0 Å². The number of hydrogen-bond donors (Lipinski definition) is 0. The third-order valence-electron chi connectivity index (χ3n) is 22.4. The van der Waals surface area contributed by atoms with Crippen LogP contribution in [-0.2, 0) is 5.41 Å². The zero-order chi connectivity index (χ0) is 74.0. The fourth-order valence-electron chi connectivity index (χ4n) is 17.8. The van der Waals surface area contributed by atoms with Gasteiger partial charge in [-0.15, -0.1) is 0 Å². The van der Waals surface area contributed by atoms with Gasteiger partial charge in [-0.25, -0.2) is 0 Å². The maximum absolute atomic E-state index is 8.77. The van der Waals surface area contributed by atoms with Crippen molar-refractivity contribution in [3.63, 3.8) is 0 Å². The topological polar surface area (TPSA) is 0 Å². The molecule has 0 fully saturated rings. The van der Waals surface area contributed by atoms with E-state index in [2.05, 4.69) is 335 Å². The normalized spacial score (nSPS) is 13.0. The van der Waals surface area contributed by atoms with Crippen molar-refractivity contribution in [3.8, 4) is 77.9 Å². The predicted octanol–water partition coefficient (Wildman–Crippen LogP) is 29.5. The van der Waals surface area contributed by atoms with E-state index >= 15 is 0 Å². The summed E-state index contributed by atoms with van der Waals surface area (Å²) in [6.07, 6.45) is 0. The van der Waals surface area contributed by atoms with Gasteiger partial charge in [0.2, 0.25) is 0 Å². The van der Waals surface area contributed by atoms with Crippen LogP contribution in [0.5, 0.6) is 0 Å². The predicted molar refractivity (Wildman–Crippen MR) is 453 cm³/mol. The second-order valence-electron chi connectivity index (χ2n) is 28.3. The minimum Gasteiger partial charge on any atom is -0.0622 e. The highest BCUT2D eigenvalue weighted by atomic mass is 14.4. The van der Waals surface area contributed by atoms with Gasteiger partial charge >= 0.3 is 0 Å². The van der Waals surface area contributed by atoms with Crippen LogP contribution in [-0.4, -0.2) is 0 Å². The minimum absolute atomic E-state index is 0.0196. The summed E-state index contributed by atoms with van der Waals surface area (Å²) in [7, 11) is 0. The molecule has 0 bridgehead atoms. The second-order valence-corrected chi connectivity index (χ2v) is 28.3. The first kappa shape index (κ1) is 56.4. The van der Waals surface area contributed by atoms with E-state index in [0.717, 1.165) is 43.4 Å². The summed E-state index contributed by atoms with van der Waals surface area (Å²) in [6.45, 7) is 4.69. The van der Waals surface area contributed by atoms with Crippen molar-refractivity contribution in [2.75, 3.05) is 0 Å². The Morgan fingerprint density at radius 1 is 0.190 bits per heavy atom. The lowest BCUT2D eigenvalue weighted by Crippen LogP contribution is -2.14. The second kappa shape index (κ2) is 25.1. The van der Waals surface area contributed by atoms with Crippen LogP contribution >= 0.6 is 0 Å². The lowest BCUT2D eigenvalue weighted by Gasteiger charge is -2.22. The molecule has 21 aromatic carbocycles. The van der Waals surface area contributed by atoms with Crippen molar-refractivity contribution >= 4 is 118 Å². The molecule has 21 aromatic rings. The molecule has 1 aliphatic carbocycles. The van der Waals surface area contributed by atoms with Crippen molar-refractivity contribution in [1.29, 1.82) is 0 Å². The Morgan fingerprint density at radius 3 is 1.07 bits per heavy atom. The third kappa shape index (κ3) is 9.97. The van der Waals surface area contributed by atoms with Crippen LogP contribution in [0, 0.1) is 0 Å². The molecule has 22 rings (SSSR count). The van der Waals surface area contributed by atoms with E-state index in [-0.39, 0.29) is 41.2 Å². The zero-order valence-electron chi connectivity index (χ0n) is 63.1. The highest BCUT2D eigenvalue weighted by Crippen LogP contribution is 2.53. The highest BCUT2D eigenvalue weighted by molar-refractivity contribution is 6.31. The monoisotopic (exact) mass is 1340 g/mol. The van der Waals surface area contributed by atoms with E-state index in [1.165, 1.54) is 153 Å². The summed E-state index contributed by atoms with van der Waals surface area (Å²) in [5, 5.41) is 26.6. The van der Waals surface area contributed by atoms with Crippen LogP contribution in [0.1, 0.15) is 31.8 Å². The molecule has 0 heteroatoms. The SMILES string of the molecule is CC1(C)c2ccccc2-c2cc(-c3c4ccccc4c(-c4ccccc4)c4ccccc34)ccc21.[2H]c1c([2H])c([2H])c(-c2c3ccccc3c(-c3cc4ccccc4c4ccccc34)c3ccccc23)c([2H])c1[2H].c1ccc(-c2c3ccccc3c(-c3ccc4ccc5cccc6ccc3c4c56)c3ccccc23)cc1. The van der Waals surface area contributed by atoms with Crippen LogP contribution in [0.2, 0.25) is 0 Å². The molecule has 0 aromatic heterocycles. The van der Waals surface area contributed by atoms with Gasteiger partial charge in [0, 0.05) is 5.41 Å². The summed E-state index contributed by atoms with van der Waals surface area (Å²) in [5.74, 6) is 0. The van der Waals surface area contributed by atoms with Gasteiger partial charge in [0.25, 0.3) is 0 Å². The number of fused-ring (bicyclic) bond motifs is 12. The Morgan fingerprint density at radius 2 is 0.552 bits per heavy atom. The first-order valence-corrected chi connectivity index (χ1v) is 36.3. The third-order valence-corrected chi connectivity index (χ3v) is 22.4. The molecule has 0 saturated carbocycles. The Balaban J connectivity index is 0.000000108. The molecule has 0 N–H and O–H groups in total. The van der Waals surface area contributed by atoms with Crippen molar-refractivity contribution < 1.29 is 6.85 Å². The fourth-order valence-corrected chi connectivity index (χ4v) is 17.8. The van der Waals surface area contributed by atoms with E-state index in [9.17, 15) is 0 Å². The molecule has 0 heterocycles. The number of benzene rings is 21. The van der Waals surface area contributed by atoms with Crippen LogP contribution in [0.15, 0.2) is 388 Å². The maximum atomic E-state index is 8.77. The molecule has 1 aliphatic rings. The molecule has 0 amide bonds. The molecule has 0 aliphatic heterocycles. The maximum Gasteiger partial charge on any atom is 0.0629 e. The van der Waals surface area contributed by atoms with Crippen molar-refractivity contribution in [2.45, 2.75) is 19.3 Å². The Kier molecular flexibility index (Phi) is 13.5. The zero-order valence-corrected chi connectivity index (χ0v) is 58.1. The molecule has 0 unspecified atom stereocenters. The lowest BCUT2D eigenvalue weighted by atomic mass is 9.81. The first-order valence-electron chi connectivity index (χ1n) is 38.8. The van der Waals surface area contributed by atoms with E-state index in [4.69, 9.17) is 6.85 Å². The summed E-state index contributed by atoms with van der Waals surface area (Å²) in [5.41, 5.74) is 19.0. The van der Waals surface area contributed by atoms with Gasteiger partial charge in [0.15, 0.2) is 0 Å². The van der Waals surface area contributed by atoms with Crippen molar-refractivity contribution in [1.82, 2.24) is 0 Å². The lowest BCUT2D eigenvalue weighted by molar-refractivity contribution is 0.660. The van der Waals surface area contributed by atoms with Crippen molar-refractivity contribution in [3.05, 3.63) is 399 Å². The van der Waals surface area contributed by atoms with E-state index in [1.54, 1.807) is 0 Å². The molecule has 0 atom stereocenters. The average Bonchev–Trinajstić information content (AvgIpc) is 1.72. The molecular formula is C105H70. The van der Waals surface area contributed by atoms with Gasteiger partial charge in [0.05, 0.1) is 6.85 Å². The summed E-state index contributed by atoms with van der Waals surface area (Å²) in [6, 6.07) is 127. The molecule has 0 radical (unpaired) electrons. The van der Waals surface area contributed by atoms with Crippen molar-refractivity contribution in [2.24, 2.45) is 0 Å². The summed E-state index contributed by atoms with van der Waals surface area (Å²) in [4.78, 5) is 0. The van der Waals surface area contributed by atoms with Crippen LogP contribution in [0.3, 0.4) is 0 Å². The number of hydrogen-bond acceptors (Lipinski definition) is 0. The van der Waals surface area contributed by atoms with Gasteiger partial charge in [-0.1, -0.05) is 390 Å². The van der Waals surface area contributed by atoms with Crippen LogP contribution in [0.25, 0.3) is 196 Å². The van der Waals surface area contributed by atoms with Gasteiger partial charge in [-0.3, -0.25) is 0 Å². The Labute approximate surface area is 618 Å². The van der Waals surface area contributed by atoms with Crippen LogP contribution < -0.4 is 0 Å². The molecule has 0 saturated heterocycles. The Bertz CT molecular complexity index is 7140. The van der Waals surface area contributed by atoms with E-state index in [0.29, 0.717) is 5.56 Å². The number of rotatable bonds is 6. The smallest absolute Gasteiger partial charge is 0.0622 e. The van der Waals surface area contributed by atoms with Crippen LogP contribution in [0.4, 0.5) is 0 Å². The molecule has 0 nitrogen and oxygen atoms in total. The quantitative estimate of drug-likeness (QED) is 0.115. The molecule has 490 valence electrons. The molecule has 0 spiro atoms. The first-order chi connectivity index (χ1) is 54.0. The highest BCUT2D eigenvalue weighted by Gasteiger charge is 2.35. The largest absolute Gasteiger partial charge is 0.0629 e. The summed E-state index contributed by atoms with van der Waals surface area (Å²) < 4.78 is 42.3. The van der Waals surface area contributed by atoms with E-state index < -0.39 is 0 Å². The fraction of sp³-hybridized carbons (Fsp3) is 0.0286. The molecule has 105 heavy (non-hydrogen) atoms. The van der Waals surface area contributed by atoms with Gasteiger partial charge in [0.1, 0.15) is 0 Å². The van der Waals surface area contributed by atoms with Gasteiger partial charge in [-0.05, 0) is 220 Å². The van der Waals surface area contributed by atoms with Gasteiger partial charge < -0.3 is 0 Å². The molecular weight excluding hydrogens is 1260 g/mol. The average molecular weight is 1340 g/mol. The Hall–Kier alpha value is -13.3. The summed E-state index contributed by atoms with van der Waals surface area (Å²) >= 11 is 0. The van der Waals surface area contributed by atoms with E-state index in [1.807, 2.05) is 36.4 Å². The standard InChI is InChI=1S/C36H22.C35H26.C34H22/c1-2-9-23(10-3-1)34-27-13-4-6-15-29(27)36(30-16-7-5-14-28(30)34)32-22-20-26-18-17-24-11-8-12-25-19-21-31(32)35(26)33(24)25;1-35(2)31-19-11-10-14-25(31)30-22-24(20-21-32(30)35)34-28-17-8-6-15-26(28)33(23-12-4-3-5-13-23)27-16-7-9-18-29(27)34;1-2-12-23(13-3-1)33-28-18-8-10-20-30(28)34(31-21-11-9-19-29(31)33)32-22-24-14-4-5-15-25(24)26-16-6-7-17-27(26)32/h1-22H;3-22H,1-2H3;1-22H/i;;1D,2D,3D,12D,13D.